The molecule has 0 unspecified atom stereocenters. The maximum atomic E-state index is 13.5. The summed E-state index contributed by atoms with van der Waals surface area (Å²) in [5.41, 5.74) is -1.33. The van der Waals surface area contributed by atoms with Crippen LogP contribution in [-0.4, -0.2) is 40.9 Å². The van der Waals surface area contributed by atoms with E-state index in [4.69, 9.17) is 14.4 Å². The van der Waals surface area contributed by atoms with Gasteiger partial charge in [0.05, 0.1) is 6.54 Å². The van der Waals surface area contributed by atoms with Gasteiger partial charge in [0, 0.05) is 6.04 Å². The number of carbonyl (C=O) groups excluding carboxylic acids is 1. The lowest BCUT2D eigenvalue weighted by Crippen LogP contribution is -2.38. The first-order valence-electron chi connectivity index (χ1n) is 5.78. The molecule has 0 bridgehead atoms. The van der Waals surface area contributed by atoms with Gasteiger partial charge in [-0.1, -0.05) is 8.96 Å². The number of halogens is 5. The first-order valence-corrected chi connectivity index (χ1v) is 7.83. The van der Waals surface area contributed by atoms with Crippen LogP contribution in [0.15, 0.2) is 12.1 Å². The number of urea groups is 1. The summed E-state index contributed by atoms with van der Waals surface area (Å²) < 4.78 is 65.7. The zero-order valence-electron chi connectivity index (χ0n) is 10.8. The Labute approximate surface area is 121 Å². The molecule has 0 saturated heterocycles. The predicted molar refractivity (Wildman–Crippen MR) is 64.9 cm³/mol. The fourth-order valence-electron chi connectivity index (χ4n) is 1.42. The summed E-state index contributed by atoms with van der Waals surface area (Å²) in [4.78, 5) is 37.3. The average molecular weight is 346 g/mol. The van der Waals surface area contributed by atoms with Crippen molar-refractivity contribution in [3.05, 3.63) is 29.6 Å². The molecule has 0 aliphatic carbocycles. The van der Waals surface area contributed by atoms with E-state index < -0.39 is 67.2 Å². The second-order valence-electron chi connectivity index (χ2n) is 4.22. The normalized spacial score (nSPS) is 11.5. The molecule has 0 spiro atoms. The Morgan fingerprint density at radius 2 is 1.68 bits per heavy atom. The van der Waals surface area contributed by atoms with Gasteiger partial charge in [-0.15, -0.1) is 5.12 Å². The molecule has 3 N–H and O–H groups in total. The molecule has 0 radical (unpaired) electrons. The lowest BCUT2D eigenvalue weighted by Gasteiger charge is -2.18. The van der Waals surface area contributed by atoms with Gasteiger partial charge in [-0.3, -0.25) is 0 Å². The third kappa shape index (κ3) is 4.62. The first-order chi connectivity index (χ1) is 10.0. The van der Waals surface area contributed by atoms with Gasteiger partial charge in [-0.25, -0.2) is 18.0 Å². The monoisotopic (exact) mass is 346 g/mol. The molecule has 22 heavy (non-hydrogen) atoms. The smallest absolute Gasteiger partial charge is 0.390 e. The summed E-state index contributed by atoms with van der Waals surface area (Å²) >= 11 is 0. The number of nitrogens with zero attached hydrogens (tertiary/aromatic N) is 2. The first kappa shape index (κ1) is 18.3. The molecular weight excluding hydrogens is 335 g/mol. The topological polar surface area (TPSA) is 84.2 Å². The number of rotatable bonds is 5. The van der Waals surface area contributed by atoms with Crippen molar-refractivity contribution in [2.45, 2.75) is 12.5 Å². The summed E-state index contributed by atoms with van der Waals surface area (Å²) in [7, 11) is -4.44. The Morgan fingerprint density at radius 3 is 2.23 bits per heavy atom. The molecule has 0 aromatic heterocycles. The zero-order chi connectivity index (χ0) is 17.1. The van der Waals surface area contributed by atoms with E-state index in [1.807, 2.05) is 0 Å². The summed E-state index contributed by atoms with van der Waals surface area (Å²) in [6.07, 6.45) is -0.425. The third-order valence-electron chi connectivity index (χ3n) is 2.47. The van der Waals surface area contributed by atoms with Crippen LogP contribution in [0.3, 0.4) is 0 Å². The lowest BCUT2D eigenvalue weighted by molar-refractivity contribution is 0.0622. The highest BCUT2D eigenvalue weighted by Gasteiger charge is 2.30. The summed E-state index contributed by atoms with van der Waals surface area (Å²) in [5, 5.41) is -1.82. The highest BCUT2D eigenvalue weighted by molar-refractivity contribution is 6.56. The fraction of sp³-hybridized carbons (Fsp3) is 0.300. The van der Waals surface area contributed by atoms with Gasteiger partial charge in [-0.05, 0) is 18.6 Å². The minimum Gasteiger partial charge on any atom is -0.390 e. The van der Waals surface area contributed by atoms with Crippen molar-refractivity contribution in [2.75, 3.05) is 11.7 Å². The van der Waals surface area contributed by atoms with E-state index in [-0.39, 0.29) is 0 Å². The lowest BCUT2D eigenvalue weighted by atomic mass is 10.3. The zero-order valence-corrected chi connectivity index (χ0v) is 11.8. The quantitative estimate of drug-likeness (QED) is 0.326. The molecular formula is C10H11F5N2O4Si. The van der Waals surface area contributed by atoms with Gasteiger partial charge >= 0.3 is 14.8 Å². The number of anilines is 1. The highest BCUT2D eigenvalue weighted by atomic mass is 28.4. The van der Waals surface area contributed by atoms with E-state index in [9.17, 15) is 26.9 Å². The standard InChI is InChI=1S/C10H11F5N2O4Si/c11-6-2-3-7(9(13)8(6)12)17(15)10(18)16(14)4-1-5-22(19,20)21/h2-3,19-21H,1,4-5H2. The van der Waals surface area contributed by atoms with Crippen molar-refractivity contribution >= 4 is 20.5 Å². The second kappa shape index (κ2) is 7.00. The minimum absolute atomic E-state index is 0.347. The molecule has 124 valence electrons. The van der Waals surface area contributed by atoms with E-state index in [0.717, 1.165) is 0 Å². The molecule has 0 heterocycles. The molecule has 1 rings (SSSR count). The van der Waals surface area contributed by atoms with Gasteiger partial charge in [0.1, 0.15) is 5.69 Å². The van der Waals surface area contributed by atoms with E-state index >= 15 is 0 Å². The van der Waals surface area contributed by atoms with Crippen LogP contribution in [0, 0.1) is 17.5 Å². The van der Waals surface area contributed by atoms with Crippen LogP contribution in [-0.2, 0) is 0 Å². The average Bonchev–Trinajstić information content (AvgIpc) is 2.42. The maximum absolute atomic E-state index is 13.5. The van der Waals surface area contributed by atoms with Crippen LogP contribution in [0.5, 0.6) is 0 Å². The van der Waals surface area contributed by atoms with Crippen molar-refractivity contribution in [1.82, 2.24) is 5.12 Å². The summed E-state index contributed by atoms with van der Waals surface area (Å²) in [6.45, 7) is -0.846. The largest absolute Gasteiger partial charge is 0.492 e. The molecule has 2 amide bonds. The van der Waals surface area contributed by atoms with Crippen molar-refractivity contribution < 1.29 is 41.3 Å². The van der Waals surface area contributed by atoms with Gasteiger partial charge in [-0.2, -0.15) is 5.12 Å². The van der Waals surface area contributed by atoms with Crippen molar-refractivity contribution in [2.24, 2.45) is 0 Å². The SMILES string of the molecule is O=C(N(F)CCC[Si](O)(O)O)N(F)c1ccc(F)c(F)c1F. The molecule has 0 atom stereocenters. The van der Waals surface area contributed by atoms with Gasteiger partial charge in [0.25, 0.3) is 0 Å². The van der Waals surface area contributed by atoms with E-state index in [2.05, 4.69) is 0 Å². The van der Waals surface area contributed by atoms with E-state index in [1.165, 1.54) is 0 Å². The minimum atomic E-state index is -4.44. The molecule has 0 aliphatic rings. The van der Waals surface area contributed by atoms with Crippen molar-refractivity contribution in [3.8, 4) is 0 Å². The fourth-order valence-corrected chi connectivity index (χ4v) is 2.05. The summed E-state index contributed by atoms with van der Waals surface area (Å²) in [6, 6.07) is -1.91. The Kier molecular flexibility index (Phi) is 5.82. The van der Waals surface area contributed by atoms with E-state index in [0.29, 0.717) is 12.1 Å². The Balaban J connectivity index is 2.74. The van der Waals surface area contributed by atoms with Gasteiger partial charge in [0.2, 0.25) is 0 Å². The van der Waals surface area contributed by atoms with Crippen molar-refractivity contribution in [3.63, 3.8) is 0 Å². The number of amides is 2. The molecule has 1 aromatic rings. The van der Waals surface area contributed by atoms with Crippen LogP contribution < -0.4 is 5.12 Å². The molecule has 1 aromatic carbocycles. The number of hydrogen-bond donors (Lipinski definition) is 3. The Morgan fingerprint density at radius 1 is 1.09 bits per heavy atom. The van der Waals surface area contributed by atoms with E-state index in [1.54, 1.807) is 0 Å². The number of benzene rings is 1. The Hall–Kier alpha value is -1.76. The van der Waals surface area contributed by atoms with Crippen LogP contribution in [0.25, 0.3) is 0 Å². The van der Waals surface area contributed by atoms with Gasteiger partial charge < -0.3 is 14.4 Å². The highest BCUT2D eigenvalue weighted by Crippen LogP contribution is 2.25. The maximum Gasteiger partial charge on any atom is 0.492 e. The van der Waals surface area contributed by atoms with Crippen LogP contribution in [0.2, 0.25) is 6.04 Å². The van der Waals surface area contributed by atoms with Crippen LogP contribution >= 0.6 is 0 Å². The number of carbonyl (C=O) groups is 1. The molecule has 0 aliphatic heterocycles. The molecule has 0 fully saturated rings. The molecule has 12 heteroatoms. The summed E-state index contributed by atoms with van der Waals surface area (Å²) in [5.74, 6) is -5.67. The second-order valence-corrected chi connectivity index (χ2v) is 6.27. The van der Waals surface area contributed by atoms with Crippen LogP contribution in [0.1, 0.15) is 6.42 Å². The number of hydrogen-bond acceptors (Lipinski definition) is 4. The van der Waals surface area contributed by atoms with Gasteiger partial charge in [0.15, 0.2) is 17.5 Å². The molecule has 6 nitrogen and oxygen atoms in total. The van der Waals surface area contributed by atoms with Crippen molar-refractivity contribution in [1.29, 1.82) is 0 Å². The Bertz CT molecular complexity index is 557. The molecule has 0 saturated carbocycles. The van der Waals surface area contributed by atoms with Crippen LogP contribution in [0.4, 0.5) is 32.6 Å². The third-order valence-corrected chi connectivity index (χ3v) is 3.49. The predicted octanol–water partition coefficient (Wildman–Crippen LogP) is 1.41.